The molecule has 1 saturated heterocycles. The fraction of sp³-hybridized carbons (Fsp3) is 0.909. The third-order valence-electron chi connectivity index (χ3n) is 2.96. The van der Waals surface area contributed by atoms with E-state index < -0.39 is 7.04 Å². The molecule has 1 N–H and O–H groups in total. The van der Waals surface area contributed by atoms with E-state index in [0.717, 1.165) is 0 Å². The Balaban J connectivity index is 2.48. The highest BCUT2D eigenvalue weighted by molar-refractivity contribution is 7.71. The van der Waals surface area contributed by atoms with Crippen molar-refractivity contribution in [2.45, 2.75) is 26.2 Å². The van der Waals surface area contributed by atoms with Crippen molar-refractivity contribution >= 4 is 12.8 Å². The molecule has 0 radical (unpaired) electrons. The number of hydrogen-bond acceptors (Lipinski definition) is 2. The van der Waals surface area contributed by atoms with Gasteiger partial charge in [0.05, 0.1) is 0 Å². The van der Waals surface area contributed by atoms with Crippen molar-refractivity contribution in [3.63, 3.8) is 0 Å². The zero-order valence-corrected chi connectivity index (χ0v) is 10.8. The molecular weight excluding hydrogens is 191 g/mol. The first-order valence-electron chi connectivity index (χ1n) is 5.81. The Hall–Kier alpha value is 0.220. The van der Waals surface area contributed by atoms with E-state index in [-0.39, 0.29) is 0 Å². The first-order valence-corrected chi connectivity index (χ1v) is 8.51. The van der Waals surface area contributed by atoms with Gasteiger partial charge in [-0.05, 0) is 19.8 Å². The van der Waals surface area contributed by atoms with Crippen molar-refractivity contribution in [3.05, 3.63) is 0 Å². The van der Waals surface area contributed by atoms with Crippen LogP contribution in [0.25, 0.3) is 0 Å². The van der Waals surface area contributed by atoms with Gasteiger partial charge in [-0.15, -0.1) is 0 Å². The summed E-state index contributed by atoms with van der Waals surface area (Å²) < 4.78 is 2.69. The molecule has 1 heterocycles. The van der Waals surface area contributed by atoms with Crippen LogP contribution in [0.5, 0.6) is 0 Å². The van der Waals surface area contributed by atoms with Crippen LogP contribution >= 0.6 is 7.04 Å². The molecule has 1 aliphatic heterocycles. The largest absolute Gasteiger partial charge is 0.314 e. The van der Waals surface area contributed by atoms with Gasteiger partial charge < -0.3 is 5.32 Å². The highest BCUT2D eigenvalue weighted by Crippen LogP contribution is 2.42. The van der Waals surface area contributed by atoms with Gasteiger partial charge in [-0.3, -0.25) is 4.67 Å². The standard InChI is InChI=1S/C11H25N2P/c1-4-5-6-11-14(2,3)13-9-7-12-8-10-13/h11-12H,4-10H2,1-3H3. The monoisotopic (exact) mass is 216 g/mol. The van der Waals surface area contributed by atoms with Crippen LogP contribution < -0.4 is 5.32 Å². The molecule has 0 atom stereocenters. The Kier molecular flexibility index (Phi) is 5.22. The average molecular weight is 216 g/mol. The van der Waals surface area contributed by atoms with Crippen LogP contribution in [0.4, 0.5) is 0 Å². The van der Waals surface area contributed by atoms with Gasteiger partial charge in [0, 0.05) is 26.2 Å². The lowest BCUT2D eigenvalue weighted by atomic mass is 10.3. The Bertz CT molecular complexity index is 201. The number of unbranched alkanes of at least 4 members (excludes halogenated alkanes) is 2. The number of hydrogen-bond donors (Lipinski definition) is 1. The molecule has 0 aromatic rings. The smallest absolute Gasteiger partial charge is 0.0146 e. The lowest BCUT2D eigenvalue weighted by molar-refractivity contribution is 0.385. The van der Waals surface area contributed by atoms with Crippen molar-refractivity contribution in [1.82, 2.24) is 9.99 Å². The van der Waals surface area contributed by atoms with Crippen LogP contribution in [0.15, 0.2) is 0 Å². The Morgan fingerprint density at radius 1 is 1.29 bits per heavy atom. The normalized spacial score (nSPS) is 19.6. The van der Waals surface area contributed by atoms with Gasteiger partial charge in [-0.25, -0.2) is 0 Å². The predicted molar refractivity (Wildman–Crippen MR) is 68.8 cm³/mol. The second-order valence-corrected chi connectivity index (χ2v) is 8.40. The highest BCUT2D eigenvalue weighted by Gasteiger charge is 2.17. The molecule has 0 spiro atoms. The van der Waals surface area contributed by atoms with E-state index in [0.29, 0.717) is 0 Å². The molecule has 0 bridgehead atoms. The Labute approximate surface area is 89.1 Å². The first kappa shape index (κ1) is 12.3. The molecule has 84 valence electrons. The van der Waals surface area contributed by atoms with Crippen LogP contribution in [-0.2, 0) is 0 Å². The minimum absolute atomic E-state index is 0.879. The minimum Gasteiger partial charge on any atom is -0.314 e. The molecule has 0 amide bonds. The van der Waals surface area contributed by atoms with Crippen LogP contribution in [0, 0.1) is 0 Å². The maximum Gasteiger partial charge on any atom is 0.0146 e. The summed E-state index contributed by atoms with van der Waals surface area (Å²) in [5.41, 5.74) is 0. The highest BCUT2D eigenvalue weighted by atomic mass is 31.2. The van der Waals surface area contributed by atoms with Gasteiger partial charge in [-0.2, -0.15) is 0 Å². The van der Waals surface area contributed by atoms with Gasteiger partial charge in [0.1, 0.15) is 0 Å². The maximum absolute atomic E-state index is 3.42. The lowest BCUT2D eigenvalue weighted by Gasteiger charge is -2.36. The van der Waals surface area contributed by atoms with Crippen LogP contribution in [0.3, 0.4) is 0 Å². The summed E-state index contributed by atoms with van der Waals surface area (Å²) >= 11 is 0. The van der Waals surface area contributed by atoms with Crippen LogP contribution in [0.1, 0.15) is 26.2 Å². The zero-order valence-electron chi connectivity index (χ0n) is 9.92. The van der Waals surface area contributed by atoms with Gasteiger partial charge in [0.15, 0.2) is 0 Å². The molecular formula is C11H25N2P. The van der Waals surface area contributed by atoms with Crippen LogP contribution in [-0.4, -0.2) is 50.0 Å². The number of nitrogens with zero attached hydrogens (tertiary/aromatic N) is 1. The SMILES string of the molecule is CCCCC=P(C)(C)N1CCNCC1. The van der Waals surface area contributed by atoms with Crippen molar-refractivity contribution in [1.29, 1.82) is 0 Å². The predicted octanol–water partition coefficient (Wildman–Crippen LogP) is 2.08. The molecule has 2 nitrogen and oxygen atoms in total. The lowest BCUT2D eigenvalue weighted by Crippen LogP contribution is -2.41. The van der Waals surface area contributed by atoms with Crippen molar-refractivity contribution in [3.8, 4) is 0 Å². The van der Waals surface area contributed by atoms with Gasteiger partial charge in [0.25, 0.3) is 0 Å². The van der Waals surface area contributed by atoms with Crippen molar-refractivity contribution < 1.29 is 0 Å². The van der Waals surface area contributed by atoms with Crippen molar-refractivity contribution in [2.24, 2.45) is 0 Å². The van der Waals surface area contributed by atoms with E-state index >= 15 is 0 Å². The average Bonchev–Trinajstić information content (AvgIpc) is 2.19. The fourth-order valence-corrected chi connectivity index (χ4v) is 4.17. The third-order valence-corrected chi connectivity index (χ3v) is 5.97. The van der Waals surface area contributed by atoms with E-state index in [2.05, 4.69) is 36.0 Å². The first-order chi connectivity index (χ1) is 6.67. The van der Waals surface area contributed by atoms with Crippen molar-refractivity contribution in [2.75, 3.05) is 39.5 Å². The molecule has 1 rings (SSSR count). The summed E-state index contributed by atoms with van der Waals surface area (Å²) in [5.74, 6) is 2.60. The third kappa shape index (κ3) is 3.76. The summed E-state index contributed by atoms with van der Waals surface area (Å²) in [5, 5.41) is 3.42. The number of piperazine rings is 1. The topological polar surface area (TPSA) is 15.3 Å². The molecule has 14 heavy (non-hydrogen) atoms. The quantitative estimate of drug-likeness (QED) is 0.571. The second-order valence-electron chi connectivity index (χ2n) is 4.51. The molecule has 0 saturated carbocycles. The molecule has 0 aromatic heterocycles. The zero-order chi connectivity index (χ0) is 10.4. The molecule has 1 aliphatic rings. The molecule has 1 fully saturated rings. The maximum atomic E-state index is 3.42. The Morgan fingerprint density at radius 2 is 1.93 bits per heavy atom. The van der Waals surface area contributed by atoms with E-state index in [9.17, 15) is 0 Å². The van der Waals surface area contributed by atoms with E-state index in [4.69, 9.17) is 0 Å². The van der Waals surface area contributed by atoms with Gasteiger partial charge in [0.2, 0.25) is 0 Å². The van der Waals surface area contributed by atoms with E-state index in [1.165, 1.54) is 45.4 Å². The molecule has 0 aromatic carbocycles. The van der Waals surface area contributed by atoms with Crippen LogP contribution in [0.2, 0.25) is 0 Å². The summed E-state index contributed by atoms with van der Waals surface area (Å²) in [6.45, 7) is 12.0. The van der Waals surface area contributed by atoms with E-state index in [1.807, 2.05) is 0 Å². The van der Waals surface area contributed by atoms with Gasteiger partial charge in [-0.1, -0.05) is 32.6 Å². The van der Waals surface area contributed by atoms with Gasteiger partial charge >= 0.3 is 0 Å². The summed E-state index contributed by atoms with van der Waals surface area (Å²) in [7, 11) is -0.879. The van der Waals surface area contributed by atoms with E-state index in [1.54, 1.807) is 0 Å². The summed E-state index contributed by atoms with van der Waals surface area (Å²) in [6.07, 6.45) is 3.98. The molecule has 0 unspecified atom stereocenters. The fourth-order valence-electron chi connectivity index (χ4n) is 1.90. The number of rotatable bonds is 4. The number of nitrogens with one attached hydrogen (secondary N) is 1. The minimum atomic E-state index is -0.879. The molecule has 0 aliphatic carbocycles. The Morgan fingerprint density at radius 3 is 2.50 bits per heavy atom. The summed E-state index contributed by atoms with van der Waals surface area (Å²) in [6, 6.07) is 0. The summed E-state index contributed by atoms with van der Waals surface area (Å²) in [4.78, 5) is 0. The second kappa shape index (κ2) is 5.95. The molecule has 3 heteroatoms.